The van der Waals surface area contributed by atoms with Crippen molar-refractivity contribution in [1.29, 1.82) is 0 Å². The molecule has 3 N–H and O–H groups in total. The molecule has 5 aliphatic heterocycles. The van der Waals surface area contributed by atoms with Crippen molar-refractivity contribution in [3.63, 3.8) is 0 Å². The summed E-state index contributed by atoms with van der Waals surface area (Å²) in [6.45, 7) is 66.7. The van der Waals surface area contributed by atoms with E-state index in [0.29, 0.717) is 95.5 Å². The van der Waals surface area contributed by atoms with Crippen LogP contribution in [0.3, 0.4) is 0 Å². The molecule has 0 amide bonds. The topological polar surface area (TPSA) is 249 Å². The van der Waals surface area contributed by atoms with Crippen LogP contribution in [0.25, 0.3) is 50.0 Å². The SMILES string of the molecule is CC1=CC(C)(C)Nc2cc(O[Si](C)(C)C(C)(C)C)ccc21.CCOC(=O)CCCN1c2cc(O)c(C=O)cc2C(C)=CC1(C)C.CCOC(=O)CCCN1c2cc(O)ccc2C(C)=CC1(C)C.CCOC(=O)CCCN1c2cc(O[Si](C)(C)C(C)(C)C)ccc2C(C)=CC1(C)C.CCOC(=O)CCCN1c2cc3oc(=O)c(-c4ccncc4)cc3cc2C(C)=CC1(C)C. The monoisotopic (exact) mass is 1790 g/mol. The summed E-state index contributed by atoms with van der Waals surface area (Å²) in [5.41, 5.74) is 18.0. The lowest BCUT2D eigenvalue weighted by Gasteiger charge is -2.44. The minimum atomic E-state index is -1.91. The van der Waals surface area contributed by atoms with E-state index in [0.717, 1.165) is 87.7 Å². The Morgan fingerprint density at radius 3 is 1.20 bits per heavy atom. The minimum absolute atomic E-state index is 0.00726. The van der Waals surface area contributed by atoms with Gasteiger partial charge in [-0.1, -0.05) is 71.9 Å². The third-order valence-corrected chi connectivity index (χ3v) is 33.8. The maximum atomic E-state index is 12.7. The summed E-state index contributed by atoms with van der Waals surface area (Å²) in [5.74, 6) is 1.52. The molecular weight excluding hydrogens is 1640 g/mol. The quantitative estimate of drug-likeness (QED) is 0.0150. The molecule has 21 nitrogen and oxygen atoms in total. The first kappa shape index (κ1) is 103. The second-order valence-corrected chi connectivity index (χ2v) is 49.2. The van der Waals surface area contributed by atoms with Gasteiger partial charge in [-0.15, -0.1) is 0 Å². The average Bonchev–Trinajstić information content (AvgIpc) is 0.756. The van der Waals surface area contributed by atoms with Gasteiger partial charge >= 0.3 is 29.5 Å². The molecular formula is C105H146N6O15Si2. The molecule has 0 atom stereocenters. The van der Waals surface area contributed by atoms with Gasteiger partial charge in [0, 0.05) is 156 Å². The number of esters is 4. The zero-order chi connectivity index (χ0) is 95.2. The standard InChI is InChI=1S/C26H28N2O4.C24H39NO3Si.C19H25NO4.C18H25NO3.C18H29NOSi/c1-5-31-24(29)7-6-12-28-22-15-23-19(13-20(22)17(2)16-26(28,3)4)14-21(25(30)32-23)18-8-10-27-11-9-18;1-10-27-22(26)12-11-15-25-21-16-19(28-29(8,9)23(3,4)5)13-14-20(21)18(2)17-24(25,6)7;1-5-24-18(23)7-6-8-20-16-10-17(22)14(12-21)9-15(16)13(2)11-19(20,3)4;1-5-22-17(21)7-6-10-19-16-11-14(20)8-9-15(16)13(2)12-18(19,3)4;1-13-12-18(5,6)19-16-11-14(9-10-15(13)16)20-21(7,8)17(2,3)4/h8-11,13-16H,5-7,12H2,1-4H3;13-14,16-17H,10-12,15H2,1-9H3;9-12,22H,5-8H2,1-4H3;8-9,11-12,20H,5-7,10H2,1-4H3;9-12,19H,1-8H3. The summed E-state index contributed by atoms with van der Waals surface area (Å²) in [7, 11) is -3.70. The molecule has 2 aromatic heterocycles. The fourth-order valence-corrected chi connectivity index (χ4v) is 18.9. The van der Waals surface area contributed by atoms with Gasteiger partial charge in [-0.05, 0) is 294 Å². The van der Waals surface area contributed by atoms with E-state index in [4.69, 9.17) is 32.2 Å². The van der Waals surface area contributed by atoms with E-state index in [-0.39, 0.29) is 84.3 Å². The van der Waals surface area contributed by atoms with Crippen LogP contribution in [0.4, 0.5) is 28.4 Å². The van der Waals surface area contributed by atoms with E-state index in [1.165, 1.54) is 44.8 Å². The number of phenols is 2. The van der Waals surface area contributed by atoms with Crippen molar-refractivity contribution in [2.45, 2.75) is 288 Å². The van der Waals surface area contributed by atoms with E-state index >= 15 is 0 Å². The number of hydrogen-bond donors (Lipinski definition) is 3. The first-order valence-corrected chi connectivity index (χ1v) is 51.3. The number of pyridine rings is 1. The molecule has 0 radical (unpaired) electrons. The Hall–Kier alpha value is -10.7. The Labute approximate surface area is 764 Å². The number of rotatable bonds is 26. The van der Waals surface area contributed by atoms with Gasteiger partial charge in [0.05, 0.1) is 65.2 Å². The van der Waals surface area contributed by atoms with Crippen LogP contribution in [0.1, 0.15) is 263 Å². The van der Waals surface area contributed by atoms with Gasteiger partial charge in [-0.25, -0.2) is 4.79 Å². The van der Waals surface area contributed by atoms with Crippen LogP contribution in [0, 0.1) is 0 Å². The molecule has 23 heteroatoms. The highest BCUT2D eigenvalue weighted by atomic mass is 28.4. The lowest BCUT2D eigenvalue weighted by Crippen LogP contribution is -2.46. The molecule has 0 fully saturated rings. The molecule has 7 aromatic rings. The maximum Gasteiger partial charge on any atom is 0.344 e. The van der Waals surface area contributed by atoms with Crippen molar-refractivity contribution < 1.29 is 66.4 Å². The first-order valence-electron chi connectivity index (χ1n) is 45.5. The smallest absolute Gasteiger partial charge is 0.344 e. The molecule has 12 rings (SSSR count). The Morgan fingerprint density at radius 1 is 0.445 bits per heavy atom. The lowest BCUT2D eigenvalue weighted by atomic mass is 9.87. The maximum absolute atomic E-state index is 12.7. The number of carbonyl (C=O) groups is 5. The van der Waals surface area contributed by atoms with Gasteiger partial charge in [-0.2, -0.15) is 0 Å². The molecule has 0 aliphatic carbocycles. The van der Waals surface area contributed by atoms with Crippen LogP contribution < -0.4 is 39.4 Å². The van der Waals surface area contributed by atoms with Gasteiger partial charge in [0.2, 0.25) is 16.6 Å². The summed E-state index contributed by atoms with van der Waals surface area (Å²) in [4.78, 5) is 83.5. The van der Waals surface area contributed by atoms with Crippen LogP contribution in [-0.4, -0.2) is 142 Å². The summed E-state index contributed by atoms with van der Waals surface area (Å²) in [6.07, 6.45) is 19.6. The molecule has 0 saturated heterocycles. The highest BCUT2D eigenvalue weighted by Gasteiger charge is 2.42. The highest BCUT2D eigenvalue weighted by molar-refractivity contribution is 6.75. The average molecular weight is 1790 g/mol. The van der Waals surface area contributed by atoms with Crippen LogP contribution in [0.2, 0.25) is 36.3 Å². The number of anilines is 5. The number of benzene rings is 5. The summed E-state index contributed by atoms with van der Waals surface area (Å²) >= 11 is 0. The van der Waals surface area contributed by atoms with E-state index in [9.17, 15) is 39.0 Å². The van der Waals surface area contributed by atoms with Gasteiger partial charge in [0.25, 0.3) is 0 Å². The number of ether oxygens (including phenoxy) is 4. The number of hydrogen-bond acceptors (Lipinski definition) is 21. The number of aromatic hydroxyl groups is 2. The van der Waals surface area contributed by atoms with E-state index in [1.807, 2.05) is 45.9 Å². The van der Waals surface area contributed by atoms with Gasteiger partial charge in [-0.3, -0.25) is 29.0 Å². The number of carbonyl (C=O) groups excluding carboxylic acids is 5. The van der Waals surface area contributed by atoms with Crippen LogP contribution in [0.15, 0.2) is 149 Å². The molecule has 5 aromatic carbocycles. The molecule has 0 spiro atoms. The van der Waals surface area contributed by atoms with Crippen molar-refractivity contribution in [3.05, 3.63) is 184 Å². The van der Waals surface area contributed by atoms with Crippen LogP contribution >= 0.6 is 0 Å². The Balaban J connectivity index is 0.000000200. The van der Waals surface area contributed by atoms with Crippen molar-refractivity contribution >= 4 is 114 Å². The number of phenolic OH excluding ortho intramolecular Hbond substituents is 2. The van der Waals surface area contributed by atoms with Crippen LogP contribution in [-0.2, 0) is 38.1 Å². The number of allylic oxidation sites excluding steroid dienone is 5. The summed E-state index contributed by atoms with van der Waals surface area (Å²) in [5, 5.41) is 24.7. The van der Waals surface area contributed by atoms with Crippen LogP contribution in [0.5, 0.6) is 23.0 Å². The van der Waals surface area contributed by atoms with E-state index in [2.05, 4.69) is 267 Å². The van der Waals surface area contributed by atoms with Gasteiger partial charge < -0.3 is 67.3 Å². The molecule has 0 saturated carbocycles. The minimum Gasteiger partial charge on any atom is -0.543 e. The Morgan fingerprint density at radius 2 is 0.797 bits per heavy atom. The molecule has 694 valence electrons. The fourth-order valence-electron chi connectivity index (χ4n) is 16.9. The van der Waals surface area contributed by atoms with Gasteiger partial charge in [0.15, 0.2) is 6.29 Å². The Bertz CT molecular complexity index is 5360. The number of aldehydes is 1. The van der Waals surface area contributed by atoms with E-state index < -0.39 is 16.6 Å². The fraction of sp³-hybridized carbons (Fsp3) is 0.495. The number of fused-ring (bicyclic) bond motifs is 6. The van der Waals surface area contributed by atoms with Gasteiger partial charge in [0.1, 0.15) is 28.6 Å². The molecule has 0 bridgehead atoms. The zero-order valence-electron chi connectivity index (χ0n) is 82.1. The molecule has 7 heterocycles. The van der Waals surface area contributed by atoms with Crippen molar-refractivity contribution in [1.82, 2.24) is 4.98 Å². The molecule has 0 unspecified atom stereocenters. The number of aromatic nitrogens is 1. The zero-order valence-corrected chi connectivity index (χ0v) is 84.1. The summed E-state index contributed by atoms with van der Waals surface area (Å²) < 4.78 is 38.8. The lowest BCUT2D eigenvalue weighted by molar-refractivity contribution is -0.144. The number of nitrogens with zero attached hydrogens (tertiary/aromatic N) is 5. The normalized spacial score (nSPS) is 15.9. The second kappa shape index (κ2) is 42.3. The third kappa shape index (κ3) is 26.1. The number of nitrogens with one attached hydrogen (secondary N) is 1. The summed E-state index contributed by atoms with van der Waals surface area (Å²) in [6, 6.07) is 31.3. The third-order valence-electron chi connectivity index (χ3n) is 25.1. The van der Waals surface area contributed by atoms with Crippen molar-refractivity contribution in [2.75, 3.05) is 77.5 Å². The second-order valence-electron chi connectivity index (χ2n) is 39.8. The van der Waals surface area contributed by atoms with Crippen molar-refractivity contribution in [2.24, 2.45) is 0 Å². The largest absolute Gasteiger partial charge is 0.543 e. The Kier molecular flexibility index (Phi) is 33.9. The predicted octanol–water partition coefficient (Wildman–Crippen LogP) is 24.6. The molecule has 128 heavy (non-hydrogen) atoms. The first-order chi connectivity index (χ1) is 59.6. The highest BCUT2D eigenvalue weighted by Crippen LogP contribution is 2.48. The van der Waals surface area contributed by atoms with Crippen molar-refractivity contribution in [3.8, 4) is 34.1 Å². The van der Waals surface area contributed by atoms with E-state index in [1.54, 1.807) is 55.7 Å². The predicted molar refractivity (Wildman–Crippen MR) is 531 cm³/mol. The molecule has 5 aliphatic rings.